The molecular weight excluding hydrogens is 368 g/mol. The summed E-state index contributed by atoms with van der Waals surface area (Å²) in [6.45, 7) is 5.76. The zero-order valence-electron chi connectivity index (χ0n) is 14.5. The van der Waals surface area contributed by atoms with Gasteiger partial charge in [0.2, 0.25) is 5.91 Å². The smallest absolute Gasteiger partial charge is 0.262 e. The molecule has 4 rings (SSSR count). The topological polar surface area (TPSA) is 76.9 Å². The zero-order chi connectivity index (χ0) is 18.4. The van der Waals surface area contributed by atoms with Crippen LogP contribution in [0.3, 0.4) is 0 Å². The molecule has 3 heterocycles. The Morgan fingerprint density at radius 3 is 2.85 bits per heavy atom. The number of aryl methyl sites for hydroxylation is 3. The number of fused-ring (bicyclic) bond motifs is 2. The summed E-state index contributed by atoms with van der Waals surface area (Å²) in [4.78, 5) is 35.6. The van der Waals surface area contributed by atoms with Gasteiger partial charge in [0, 0.05) is 10.6 Å². The van der Waals surface area contributed by atoms with Gasteiger partial charge in [0.15, 0.2) is 0 Å². The number of benzene rings is 1. The fourth-order valence-electron chi connectivity index (χ4n) is 2.86. The largest absolute Gasteiger partial charge is 0.324 e. The summed E-state index contributed by atoms with van der Waals surface area (Å²) < 4.78 is 2.37. The fraction of sp³-hybridized carbons (Fsp3) is 0.222. The lowest BCUT2D eigenvalue weighted by atomic mass is 10.2. The summed E-state index contributed by atoms with van der Waals surface area (Å²) in [5, 5.41) is 4.43. The van der Waals surface area contributed by atoms with Crippen molar-refractivity contribution < 1.29 is 4.79 Å². The number of hydrogen-bond acceptors (Lipinski definition) is 6. The van der Waals surface area contributed by atoms with E-state index in [0.717, 1.165) is 25.7 Å². The second kappa shape index (κ2) is 6.30. The van der Waals surface area contributed by atoms with Crippen LogP contribution in [0.15, 0.2) is 29.3 Å². The molecule has 0 aliphatic heterocycles. The Balaban J connectivity index is 1.59. The first-order chi connectivity index (χ1) is 12.4. The van der Waals surface area contributed by atoms with Gasteiger partial charge in [-0.1, -0.05) is 0 Å². The van der Waals surface area contributed by atoms with E-state index in [1.807, 2.05) is 39.0 Å². The predicted molar refractivity (Wildman–Crippen MR) is 106 cm³/mol. The monoisotopic (exact) mass is 384 g/mol. The number of nitrogens with zero attached hydrogens (tertiary/aromatic N) is 3. The molecule has 0 spiro atoms. The average molecular weight is 384 g/mol. The van der Waals surface area contributed by atoms with Crippen molar-refractivity contribution >= 4 is 54.7 Å². The zero-order valence-corrected chi connectivity index (χ0v) is 16.1. The summed E-state index contributed by atoms with van der Waals surface area (Å²) in [7, 11) is 0. The second-order valence-electron chi connectivity index (χ2n) is 6.10. The van der Waals surface area contributed by atoms with Gasteiger partial charge in [0.1, 0.15) is 11.4 Å². The maximum atomic E-state index is 12.7. The molecule has 0 atom stereocenters. The summed E-state index contributed by atoms with van der Waals surface area (Å²) >= 11 is 3.08. The highest BCUT2D eigenvalue weighted by atomic mass is 32.1. The SMILES string of the molecule is Cc1nc2ccc(NC(=O)Cn3cnc4sc(C)c(C)c4c3=O)cc2s1. The Labute approximate surface area is 157 Å². The molecule has 0 unspecified atom stereocenters. The van der Waals surface area contributed by atoms with Gasteiger partial charge in [-0.25, -0.2) is 9.97 Å². The Hall–Kier alpha value is -2.58. The van der Waals surface area contributed by atoms with Crippen LogP contribution >= 0.6 is 22.7 Å². The molecule has 132 valence electrons. The number of carbonyl (C=O) groups is 1. The van der Waals surface area contributed by atoms with Gasteiger partial charge in [-0.3, -0.25) is 14.2 Å². The van der Waals surface area contributed by atoms with Gasteiger partial charge < -0.3 is 5.32 Å². The third-order valence-electron chi connectivity index (χ3n) is 4.25. The summed E-state index contributed by atoms with van der Waals surface area (Å²) in [6.07, 6.45) is 1.44. The van der Waals surface area contributed by atoms with Gasteiger partial charge in [-0.2, -0.15) is 0 Å². The molecule has 26 heavy (non-hydrogen) atoms. The summed E-state index contributed by atoms with van der Waals surface area (Å²) in [6, 6.07) is 5.59. The number of anilines is 1. The van der Waals surface area contributed by atoms with Crippen molar-refractivity contribution in [3.05, 3.63) is 50.3 Å². The van der Waals surface area contributed by atoms with Crippen LogP contribution < -0.4 is 10.9 Å². The number of thiophene rings is 1. The van der Waals surface area contributed by atoms with E-state index >= 15 is 0 Å². The Morgan fingerprint density at radius 2 is 2.04 bits per heavy atom. The van der Waals surface area contributed by atoms with Crippen LogP contribution in [0.25, 0.3) is 20.4 Å². The molecule has 3 aromatic heterocycles. The van der Waals surface area contributed by atoms with E-state index in [9.17, 15) is 9.59 Å². The highest BCUT2D eigenvalue weighted by Crippen LogP contribution is 2.26. The van der Waals surface area contributed by atoms with Gasteiger partial charge in [0.05, 0.1) is 26.9 Å². The van der Waals surface area contributed by atoms with Crippen molar-refractivity contribution in [1.82, 2.24) is 14.5 Å². The number of amides is 1. The highest BCUT2D eigenvalue weighted by molar-refractivity contribution is 7.19. The van der Waals surface area contributed by atoms with Gasteiger partial charge in [0.25, 0.3) is 5.56 Å². The van der Waals surface area contributed by atoms with E-state index < -0.39 is 0 Å². The minimum atomic E-state index is -0.265. The van der Waals surface area contributed by atoms with Crippen LogP contribution in [-0.2, 0) is 11.3 Å². The fourth-order valence-corrected chi connectivity index (χ4v) is 4.71. The van der Waals surface area contributed by atoms with Crippen LogP contribution in [0.2, 0.25) is 0 Å². The number of thiazole rings is 1. The lowest BCUT2D eigenvalue weighted by Gasteiger charge is -2.07. The standard InChI is InChI=1S/C18H16N4O2S2/c1-9-10(2)25-17-16(9)18(24)22(8-19-17)7-15(23)21-12-4-5-13-14(6-12)26-11(3)20-13/h4-6,8H,7H2,1-3H3,(H,21,23). The highest BCUT2D eigenvalue weighted by Gasteiger charge is 2.14. The van der Waals surface area contributed by atoms with E-state index in [1.165, 1.54) is 22.2 Å². The third kappa shape index (κ3) is 2.91. The van der Waals surface area contributed by atoms with Crippen LogP contribution in [0.4, 0.5) is 5.69 Å². The number of hydrogen-bond donors (Lipinski definition) is 1. The molecule has 8 heteroatoms. The van der Waals surface area contributed by atoms with Crippen molar-refractivity contribution in [2.24, 2.45) is 0 Å². The third-order valence-corrected chi connectivity index (χ3v) is 6.30. The second-order valence-corrected chi connectivity index (χ2v) is 8.54. The average Bonchev–Trinajstić information content (AvgIpc) is 3.09. The molecule has 0 aliphatic rings. The Kier molecular flexibility index (Phi) is 4.08. The first-order valence-electron chi connectivity index (χ1n) is 8.04. The molecule has 1 N–H and O–H groups in total. The van der Waals surface area contributed by atoms with Gasteiger partial charge >= 0.3 is 0 Å². The molecule has 4 aromatic rings. The van der Waals surface area contributed by atoms with Crippen molar-refractivity contribution in [2.45, 2.75) is 27.3 Å². The molecule has 0 bridgehead atoms. The van der Waals surface area contributed by atoms with Crippen LogP contribution in [0.1, 0.15) is 15.4 Å². The molecule has 0 aliphatic carbocycles. The van der Waals surface area contributed by atoms with E-state index in [0.29, 0.717) is 15.9 Å². The number of aromatic nitrogens is 3. The molecule has 1 amide bonds. The molecule has 0 saturated heterocycles. The van der Waals surface area contributed by atoms with Gasteiger partial charge in [-0.05, 0) is 44.5 Å². The van der Waals surface area contributed by atoms with Crippen LogP contribution in [-0.4, -0.2) is 20.4 Å². The minimum Gasteiger partial charge on any atom is -0.324 e. The lowest BCUT2D eigenvalue weighted by molar-refractivity contribution is -0.116. The van der Waals surface area contributed by atoms with Gasteiger partial charge in [-0.15, -0.1) is 22.7 Å². The quantitative estimate of drug-likeness (QED) is 0.585. The molecule has 6 nitrogen and oxygen atoms in total. The molecule has 1 aromatic carbocycles. The Bertz CT molecular complexity index is 1220. The lowest BCUT2D eigenvalue weighted by Crippen LogP contribution is -2.27. The number of nitrogens with one attached hydrogen (secondary N) is 1. The van der Waals surface area contributed by atoms with E-state index in [2.05, 4.69) is 15.3 Å². The summed E-state index contributed by atoms with van der Waals surface area (Å²) in [5.74, 6) is -0.265. The first-order valence-corrected chi connectivity index (χ1v) is 9.68. The van der Waals surface area contributed by atoms with Crippen LogP contribution in [0.5, 0.6) is 0 Å². The predicted octanol–water partition coefficient (Wildman–Crippen LogP) is 3.63. The first kappa shape index (κ1) is 16.9. The number of rotatable bonds is 3. The van der Waals surface area contributed by atoms with Crippen molar-refractivity contribution in [3.63, 3.8) is 0 Å². The maximum absolute atomic E-state index is 12.7. The van der Waals surface area contributed by atoms with E-state index in [1.54, 1.807) is 11.3 Å². The van der Waals surface area contributed by atoms with Crippen molar-refractivity contribution in [2.75, 3.05) is 5.32 Å². The maximum Gasteiger partial charge on any atom is 0.262 e. The molecular formula is C18H16N4O2S2. The number of carbonyl (C=O) groups excluding carboxylic acids is 1. The van der Waals surface area contributed by atoms with E-state index in [4.69, 9.17) is 0 Å². The normalized spacial score (nSPS) is 11.3. The summed E-state index contributed by atoms with van der Waals surface area (Å²) in [5.41, 5.74) is 2.36. The molecule has 0 radical (unpaired) electrons. The van der Waals surface area contributed by atoms with Crippen molar-refractivity contribution in [3.8, 4) is 0 Å². The van der Waals surface area contributed by atoms with E-state index in [-0.39, 0.29) is 18.0 Å². The van der Waals surface area contributed by atoms with Crippen LogP contribution in [0, 0.1) is 20.8 Å². The minimum absolute atomic E-state index is 0.0735. The molecule has 0 fully saturated rings. The molecule has 0 saturated carbocycles. The van der Waals surface area contributed by atoms with Crippen molar-refractivity contribution in [1.29, 1.82) is 0 Å². The Morgan fingerprint density at radius 1 is 1.23 bits per heavy atom.